The lowest BCUT2D eigenvalue weighted by atomic mass is 9.96. The number of carbonyl (C=O) groups excluding carboxylic acids is 1. The van der Waals surface area contributed by atoms with Crippen LogP contribution in [0.15, 0.2) is 47.0 Å². The predicted molar refractivity (Wildman–Crippen MR) is 103 cm³/mol. The van der Waals surface area contributed by atoms with Crippen LogP contribution < -0.4 is 0 Å². The van der Waals surface area contributed by atoms with Crippen LogP contribution in [0.1, 0.15) is 46.1 Å². The molecule has 0 bridgehead atoms. The van der Waals surface area contributed by atoms with Crippen molar-refractivity contribution in [2.45, 2.75) is 32.6 Å². The lowest BCUT2D eigenvalue weighted by Gasteiger charge is -2.31. The van der Waals surface area contributed by atoms with E-state index in [4.69, 9.17) is 4.52 Å². The van der Waals surface area contributed by atoms with Gasteiger partial charge in [0.2, 0.25) is 11.7 Å². The molecule has 1 fully saturated rings. The molecule has 2 aromatic carbocycles. The molecule has 1 atom stereocenters. The van der Waals surface area contributed by atoms with Crippen LogP contribution in [0.5, 0.6) is 0 Å². The fourth-order valence-electron chi connectivity index (χ4n) is 3.76. The normalized spacial score (nSPS) is 17.0. The molecule has 1 aromatic heterocycles. The number of carbonyl (C=O) groups is 1. The molecule has 1 amide bonds. The first-order chi connectivity index (χ1) is 13.5. The number of benzene rings is 2. The van der Waals surface area contributed by atoms with Crippen LogP contribution in [-0.4, -0.2) is 34.0 Å². The second-order valence-electron chi connectivity index (χ2n) is 7.43. The summed E-state index contributed by atoms with van der Waals surface area (Å²) in [4.78, 5) is 19.3. The van der Waals surface area contributed by atoms with Crippen molar-refractivity contribution in [2.24, 2.45) is 0 Å². The maximum absolute atomic E-state index is 13.1. The van der Waals surface area contributed by atoms with Gasteiger partial charge in [0.25, 0.3) is 5.91 Å². The maximum atomic E-state index is 13.1. The van der Waals surface area contributed by atoms with Crippen molar-refractivity contribution in [1.29, 1.82) is 0 Å². The molecule has 1 aliphatic heterocycles. The van der Waals surface area contributed by atoms with Crippen molar-refractivity contribution in [3.05, 3.63) is 70.9 Å². The zero-order valence-corrected chi connectivity index (χ0v) is 16.0. The van der Waals surface area contributed by atoms with Gasteiger partial charge in [-0.2, -0.15) is 4.98 Å². The van der Waals surface area contributed by atoms with E-state index in [-0.39, 0.29) is 17.6 Å². The molecule has 4 rings (SSSR count). The summed E-state index contributed by atoms with van der Waals surface area (Å²) in [6, 6.07) is 11.9. The number of piperidine rings is 1. The summed E-state index contributed by atoms with van der Waals surface area (Å²) in [5.74, 6) is 0.699. The van der Waals surface area contributed by atoms with Gasteiger partial charge < -0.3 is 9.42 Å². The van der Waals surface area contributed by atoms with E-state index in [0.29, 0.717) is 23.8 Å². The molecule has 0 saturated carbocycles. The Labute approximate surface area is 163 Å². The van der Waals surface area contributed by atoms with Crippen LogP contribution in [0, 0.1) is 19.7 Å². The zero-order chi connectivity index (χ0) is 19.7. The molecule has 144 valence electrons. The van der Waals surface area contributed by atoms with E-state index in [1.54, 1.807) is 12.1 Å². The number of hydrogen-bond acceptors (Lipinski definition) is 4. The Morgan fingerprint density at radius 3 is 2.57 bits per heavy atom. The summed E-state index contributed by atoms with van der Waals surface area (Å²) < 4.78 is 18.6. The number of nitrogens with zero attached hydrogens (tertiary/aromatic N) is 3. The van der Waals surface area contributed by atoms with Gasteiger partial charge in [0.15, 0.2) is 0 Å². The van der Waals surface area contributed by atoms with Gasteiger partial charge in [-0.1, -0.05) is 22.3 Å². The number of aromatic nitrogens is 2. The van der Waals surface area contributed by atoms with Crippen LogP contribution in [0.25, 0.3) is 11.4 Å². The molecule has 0 aliphatic carbocycles. The second kappa shape index (κ2) is 7.54. The van der Waals surface area contributed by atoms with Gasteiger partial charge in [-0.3, -0.25) is 4.79 Å². The van der Waals surface area contributed by atoms with E-state index in [9.17, 15) is 9.18 Å². The average molecular weight is 379 g/mol. The molecule has 3 aromatic rings. The summed E-state index contributed by atoms with van der Waals surface area (Å²) in [5, 5.41) is 4.03. The van der Waals surface area contributed by atoms with Crippen LogP contribution >= 0.6 is 0 Å². The molecule has 2 heterocycles. The Bertz CT molecular complexity index is 977. The Hall–Kier alpha value is -3.02. The molecule has 1 aliphatic rings. The topological polar surface area (TPSA) is 59.2 Å². The van der Waals surface area contributed by atoms with E-state index < -0.39 is 0 Å². The average Bonchev–Trinajstić information content (AvgIpc) is 3.17. The number of hydrogen-bond donors (Lipinski definition) is 0. The quantitative estimate of drug-likeness (QED) is 0.672. The zero-order valence-electron chi connectivity index (χ0n) is 16.0. The molecule has 5 nitrogen and oxygen atoms in total. The Morgan fingerprint density at radius 1 is 1.14 bits per heavy atom. The Balaban J connectivity index is 1.51. The number of likely N-dealkylation sites (tertiary alicyclic amines) is 1. The SMILES string of the molecule is Cc1cc(C)cc(C(=O)N2CCC[C@H](c3nc(-c4ccc(F)cc4)no3)C2)c1. The van der Waals surface area contributed by atoms with Gasteiger partial charge in [-0.25, -0.2) is 4.39 Å². The smallest absolute Gasteiger partial charge is 0.253 e. The first kappa shape index (κ1) is 18.3. The van der Waals surface area contributed by atoms with Gasteiger partial charge in [-0.05, 0) is 63.1 Å². The fourth-order valence-corrected chi connectivity index (χ4v) is 3.76. The first-order valence-electron chi connectivity index (χ1n) is 9.47. The molecule has 6 heteroatoms. The molecule has 0 radical (unpaired) electrons. The molecule has 1 saturated heterocycles. The molecule has 28 heavy (non-hydrogen) atoms. The first-order valence-corrected chi connectivity index (χ1v) is 9.47. The summed E-state index contributed by atoms with van der Waals surface area (Å²) in [5.41, 5.74) is 3.58. The minimum absolute atomic E-state index is 0.00491. The second-order valence-corrected chi connectivity index (χ2v) is 7.43. The van der Waals surface area contributed by atoms with Crippen molar-refractivity contribution in [3.63, 3.8) is 0 Å². The molecule has 0 spiro atoms. The minimum Gasteiger partial charge on any atom is -0.339 e. The summed E-state index contributed by atoms with van der Waals surface area (Å²) in [6.45, 7) is 5.27. The lowest BCUT2D eigenvalue weighted by molar-refractivity contribution is 0.0695. The van der Waals surface area contributed by atoms with E-state index in [1.165, 1.54) is 12.1 Å². The fraction of sp³-hybridized carbons (Fsp3) is 0.318. The summed E-state index contributed by atoms with van der Waals surface area (Å²) in [6.07, 6.45) is 1.77. The highest BCUT2D eigenvalue weighted by Crippen LogP contribution is 2.28. The highest BCUT2D eigenvalue weighted by molar-refractivity contribution is 5.94. The number of rotatable bonds is 3. The third-order valence-corrected chi connectivity index (χ3v) is 5.07. The van der Waals surface area contributed by atoms with Crippen molar-refractivity contribution in [3.8, 4) is 11.4 Å². The highest BCUT2D eigenvalue weighted by atomic mass is 19.1. The van der Waals surface area contributed by atoms with Gasteiger partial charge >= 0.3 is 0 Å². The monoisotopic (exact) mass is 379 g/mol. The van der Waals surface area contributed by atoms with E-state index >= 15 is 0 Å². The standard InChI is InChI=1S/C22H22FN3O2/c1-14-10-15(2)12-18(11-14)22(27)26-9-3-4-17(13-26)21-24-20(25-28-21)16-5-7-19(23)8-6-16/h5-8,10-12,17H,3-4,9,13H2,1-2H3/t17-/m0/s1. The van der Waals surface area contributed by atoms with Crippen molar-refractivity contribution < 1.29 is 13.7 Å². The van der Waals surface area contributed by atoms with Crippen molar-refractivity contribution >= 4 is 5.91 Å². The minimum atomic E-state index is -0.305. The van der Waals surface area contributed by atoms with Crippen LogP contribution in [-0.2, 0) is 0 Å². The third kappa shape index (κ3) is 3.81. The maximum Gasteiger partial charge on any atom is 0.253 e. The van der Waals surface area contributed by atoms with Gasteiger partial charge in [0.05, 0.1) is 5.92 Å². The van der Waals surface area contributed by atoms with E-state index in [2.05, 4.69) is 16.2 Å². The van der Waals surface area contributed by atoms with Gasteiger partial charge in [0, 0.05) is 24.2 Å². The third-order valence-electron chi connectivity index (χ3n) is 5.07. The predicted octanol–water partition coefficient (Wildman–Crippen LogP) is 4.51. The molecule has 0 unspecified atom stereocenters. The number of aryl methyl sites for hydroxylation is 2. The van der Waals surface area contributed by atoms with E-state index in [1.807, 2.05) is 30.9 Å². The van der Waals surface area contributed by atoms with Crippen LogP contribution in [0.2, 0.25) is 0 Å². The van der Waals surface area contributed by atoms with Crippen molar-refractivity contribution in [2.75, 3.05) is 13.1 Å². The van der Waals surface area contributed by atoms with E-state index in [0.717, 1.165) is 36.1 Å². The van der Waals surface area contributed by atoms with Gasteiger partial charge in [0.1, 0.15) is 5.82 Å². The number of halogens is 1. The molecule has 0 N–H and O–H groups in total. The van der Waals surface area contributed by atoms with Crippen LogP contribution in [0.4, 0.5) is 4.39 Å². The Morgan fingerprint density at radius 2 is 1.86 bits per heavy atom. The molecular weight excluding hydrogens is 357 g/mol. The van der Waals surface area contributed by atoms with Crippen LogP contribution in [0.3, 0.4) is 0 Å². The molecular formula is C22H22FN3O2. The summed E-state index contributed by atoms with van der Waals surface area (Å²) in [7, 11) is 0. The highest BCUT2D eigenvalue weighted by Gasteiger charge is 2.29. The largest absolute Gasteiger partial charge is 0.339 e. The lowest BCUT2D eigenvalue weighted by Crippen LogP contribution is -2.39. The van der Waals surface area contributed by atoms with Crippen molar-refractivity contribution in [1.82, 2.24) is 15.0 Å². The van der Waals surface area contributed by atoms with Gasteiger partial charge in [-0.15, -0.1) is 0 Å². The summed E-state index contributed by atoms with van der Waals surface area (Å²) >= 11 is 0. The number of amides is 1. The Kier molecular flexibility index (Phi) is 4.94.